The van der Waals surface area contributed by atoms with Crippen molar-refractivity contribution >= 4 is 17.6 Å². The molecule has 114 valence electrons. The Balaban J connectivity index is 2.03. The van der Waals surface area contributed by atoms with Gasteiger partial charge in [0.25, 0.3) is 0 Å². The molecule has 2 rings (SSSR count). The number of carbonyl (C=O) groups excluding carboxylic acids is 1. The van der Waals surface area contributed by atoms with Gasteiger partial charge in [-0.15, -0.1) is 0 Å². The largest absolute Gasteiger partial charge is 0.481 e. The Morgan fingerprint density at radius 1 is 1.33 bits per heavy atom. The fraction of sp³-hybridized carbons (Fsp3) is 0.500. The SMILES string of the molecule is CCC1(C(=O)Nc2ccc(CC(=O)O)cc2)CCCNC1. The van der Waals surface area contributed by atoms with Crippen molar-refractivity contribution in [3.05, 3.63) is 29.8 Å². The van der Waals surface area contributed by atoms with Crippen molar-refractivity contribution in [3.8, 4) is 0 Å². The fourth-order valence-corrected chi connectivity index (χ4v) is 2.77. The Labute approximate surface area is 124 Å². The third-order valence-corrected chi connectivity index (χ3v) is 4.20. The summed E-state index contributed by atoms with van der Waals surface area (Å²) in [5.74, 6) is -0.812. The molecule has 1 aliphatic heterocycles. The number of carbonyl (C=O) groups is 2. The summed E-state index contributed by atoms with van der Waals surface area (Å²) >= 11 is 0. The van der Waals surface area contributed by atoms with Crippen LogP contribution in [0.5, 0.6) is 0 Å². The Morgan fingerprint density at radius 3 is 2.57 bits per heavy atom. The number of hydrogen-bond donors (Lipinski definition) is 3. The monoisotopic (exact) mass is 290 g/mol. The minimum atomic E-state index is -0.856. The molecule has 21 heavy (non-hydrogen) atoms. The lowest BCUT2D eigenvalue weighted by Crippen LogP contribution is -2.47. The first-order valence-corrected chi connectivity index (χ1v) is 7.39. The van der Waals surface area contributed by atoms with E-state index in [2.05, 4.69) is 10.6 Å². The highest BCUT2D eigenvalue weighted by Gasteiger charge is 2.37. The van der Waals surface area contributed by atoms with Gasteiger partial charge in [0.2, 0.25) is 5.91 Å². The van der Waals surface area contributed by atoms with Crippen molar-refractivity contribution in [1.29, 1.82) is 0 Å². The quantitative estimate of drug-likeness (QED) is 0.775. The Morgan fingerprint density at radius 2 is 2.05 bits per heavy atom. The van der Waals surface area contributed by atoms with Crippen LogP contribution < -0.4 is 10.6 Å². The zero-order valence-electron chi connectivity index (χ0n) is 12.3. The first-order chi connectivity index (χ1) is 10.1. The molecule has 1 aliphatic rings. The number of piperidine rings is 1. The molecule has 1 aromatic rings. The van der Waals surface area contributed by atoms with Gasteiger partial charge in [-0.1, -0.05) is 19.1 Å². The molecule has 0 aromatic heterocycles. The lowest BCUT2D eigenvalue weighted by atomic mass is 9.77. The van der Waals surface area contributed by atoms with E-state index in [0.29, 0.717) is 12.2 Å². The molecule has 1 aromatic carbocycles. The second-order valence-electron chi connectivity index (χ2n) is 5.64. The van der Waals surface area contributed by atoms with Crippen LogP contribution in [0.2, 0.25) is 0 Å². The molecule has 1 saturated heterocycles. The number of aliphatic carboxylic acids is 1. The minimum Gasteiger partial charge on any atom is -0.481 e. The first-order valence-electron chi connectivity index (χ1n) is 7.39. The molecular weight excluding hydrogens is 268 g/mol. The van der Waals surface area contributed by atoms with Crippen LogP contribution in [0.3, 0.4) is 0 Å². The molecule has 0 aliphatic carbocycles. The van der Waals surface area contributed by atoms with Crippen LogP contribution in [0.4, 0.5) is 5.69 Å². The van der Waals surface area contributed by atoms with Crippen molar-refractivity contribution in [2.24, 2.45) is 5.41 Å². The van der Waals surface area contributed by atoms with Crippen molar-refractivity contribution < 1.29 is 14.7 Å². The normalized spacial score (nSPS) is 21.8. The van der Waals surface area contributed by atoms with Crippen molar-refractivity contribution in [1.82, 2.24) is 5.32 Å². The number of nitrogens with one attached hydrogen (secondary N) is 2. The van der Waals surface area contributed by atoms with Crippen LogP contribution in [0.1, 0.15) is 31.7 Å². The zero-order valence-corrected chi connectivity index (χ0v) is 12.3. The maximum atomic E-state index is 12.5. The summed E-state index contributed by atoms with van der Waals surface area (Å²) in [4.78, 5) is 23.2. The number of anilines is 1. The summed E-state index contributed by atoms with van der Waals surface area (Å²) in [6.45, 7) is 3.73. The molecule has 3 N–H and O–H groups in total. The molecule has 5 nitrogen and oxygen atoms in total. The summed E-state index contributed by atoms with van der Waals surface area (Å²) in [5, 5.41) is 15.0. The molecule has 5 heteroatoms. The van der Waals surface area contributed by atoms with Gasteiger partial charge in [0.05, 0.1) is 11.8 Å². The van der Waals surface area contributed by atoms with E-state index in [1.807, 2.05) is 6.92 Å². The molecule has 0 bridgehead atoms. The van der Waals surface area contributed by atoms with E-state index in [1.54, 1.807) is 24.3 Å². The summed E-state index contributed by atoms with van der Waals surface area (Å²) in [6.07, 6.45) is 2.72. The lowest BCUT2D eigenvalue weighted by Gasteiger charge is -2.35. The Bertz CT molecular complexity index is 505. The first kappa shape index (κ1) is 15.5. The average Bonchev–Trinajstić information content (AvgIpc) is 2.49. The average molecular weight is 290 g/mol. The topological polar surface area (TPSA) is 78.4 Å². The van der Waals surface area contributed by atoms with Gasteiger partial charge in [-0.2, -0.15) is 0 Å². The third-order valence-electron chi connectivity index (χ3n) is 4.20. The van der Waals surface area contributed by atoms with Gasteiger partial charge in [0, 0.05) is 12.2 Å². The van der Waals surface area contributed by atoms with Crippen LogP contribution in [0.15, 0.2) is 24.3 Å². The van der Waals surface area contributed by atoms with Crippen molar-refractivity contribution in [2.45, 2.75) is 32.6 Å². The maximum Gasteiger partial charge on any atom is 0.307 e. The summed E-state index contributed by atoms with van der Waals surface area (Å²) < 4.78 is 0. The molecule has 1 unspecified atom stereocenters. The highest BCUT2D eigenvalue weighted by Crippen LogP contribution is 2.31. The van der Waals surface area contributed by atoms with E-state index in [1.165, 1.54) is 0 Å². The van der Waals surface area contributed by atoms with Crippen LogP contribution in [-0.4, -0.2) is 30.1 Å². The predicted molar refractivity (Wildman–Crippen MR) is 81.2 cm³/mol. The van der Waals surface area contributed by atoms with Gasteiger partial charge in [-0.05, 0) is 43.5 Å². The number of benzene rings is 1. The van der Waals surface area contributed by atoms with Gasteiger partial charge >= 0.3 is 5.97 Å². The zero-order chi connectivity index (χ0) is 15.3. The molecular formula is C16H22N2O3. The molecule has 0 saturated carbocycles. The van der Waals surface area contributed by atoms with Gasteiger partial charge in [-0.25, -0.2) is 0 Å². The molecule has 1 heterocycles. The Hall–Kier alpha value is -1.88. The third kappa shape index (κ3) is 3.82. The van der Waals surface area contributed by atoms with E-state index in [0.717, 1.165) is 31.4 Å². The lowest BCUT2D eigenvalue weighted by molar-refractivity contribution is -0.136. The molecule has 1 atom stereocenters. The smallest absolute Gasteiger partial charge is 0.307 e. The minimum absolute atomic E-state index is 0.00293. The van der Waals surface area contributed by atoms with Crippen molar-refractivity contribution in [2.75, 3.05) is 18.4 Å². The maximum absolute atomic E-state index is 12.5. The van der Waals surface area contributed by atoms with Crippen molar-refractivity contribution in [3.63, 3.8) is 0 Å². The molecule has 0 radical (unpaired) electrons. The van der Waals surface area contributed by atoms with Crippen LogP contribution in [0, 0.1) is 5.41 Å². The van der Waals surface area contributed by atoms with Crippen LogP contribution in [0.25, 0.3) is 0 Å². The Kier molecular flexibility index (Phi) is 4.96. The molecule has 1 fully saturated rings. The van der Waals surface area contributed by atoms with Crippen LogP contribution in [-0.2, 0) is 16.0 Å². The van der Waals surface area contributed by atoms with Gasteiger partial charge in [0.1, 0.15) is 0 Å². The van der Waals surface area contributed by atoms with E-state index >= 15 is 0 Å². The second kappa shape index (κ2) is 6.72. The van der Waals surface area contributed by atoms with Crippen LogP contribution >= 0.6 is 0 Å². The second-order valence-corrected chi connectivity index (χ2v) is 5.64. The summed E-state index contributed by atoms with van der Waals surface area (Å²) in [7, 11) is 0. The highest BCUT2D eigenvalue weighted by atomic mass is 16.4. The van der Waals surface area contributed by atoms with Gasteiger partial charge in [0.15, 0.2) is 0 Å². The number of carboxylic acids is 1. The number of hydrogen-bond acceptors (Lipinski definition) is 3. The van der Waals surface area contributed by atoms with E-state index in [4.69, 9.17) is 5.11 Å². The number of rotatable bonds is 5. The van der Waals surface area contributed by atoms with E-state index in [9.17, 15) is 9.59 Å². The molecule has 0 spiro atoms. The standard InChI is InChI=1S/C16H22N2O3/c1-2-16(8-3-9-17-11-16)15(21)18-13-6-4-12(5-7-13)10-14(19)20/h4-7,17H,2-3,8-11H2,1H3,(H,18,21)(H,19,20). The fourth-order valence-electron chi connectivity index (χ4n) is 2.77. The summed E-state index contributed by atoms with van der Waals surface area (Å²) in [6, 6.07) is 6.99. The van der Waals surface area contributed by atoms with E-state index in [-0.39, 0.29) is 17.7 Å². The number of carboxylic acid groups (broad SMARTS) is 1. The van der Waals surface area contributed by atoms with Gasteiger partial charge < -0.3 is 15.7 Å². The number of amides is 1. The van der Waals surface area contributed by atoms with Gasteiger partial charge in [-0.3, -0.25) is 9.59 Å². The van der Waals surface area contributed by atoms with E-state index < -0.39 is 5.97 Å². The summed E-state index contributed by atoms with van der Waals surface area (Å²) in [5.41, 5.74) is 1.11. The predicted octanol–water partition coefficient (Wildman–Crippen LogP) is 2.03. The molecule has 1 amide bonds. The highest BCUT2D eigenvalue weighted by molar-refractivity contribution is 5.95.